The molecule has 2 aromatic rings. The molecule has 0 bridgehead atoms. The van der Waals surface area contributed by atoms with Crippen molar-refractivity contribution in [3.63, 3.8) is 0 Å². The second-order valence-electron chi connectivity index (χ2n) is 4.52. The highest BCUT2D eigenvalue weighted by Crippen LogP contribution is 2.22. The minimum atomic E-state index is -0.362. The van der Waals surface area contributed by atoms with Crippen LogP contribution in [-0.2, 0) is 6.54 Å². The lowest BCUT2D eigenvalue weighted by molar-refractivity contribution is 0.321. The number of nitrogens with one attached hydrogen (secondary N) is 1. The Balaban J connectivity index is 2.03. The van der Waals surface area contributed by atoms with Crippen LogP contribution < -0.4 is 10.1 Å². The van der Waals surface area contributed by atoms with Crippen molar-refractivity contribution >= 4 is 17.3 Å². The molecular weight excluding hydrogens is 277 g/mol. The molecular formula is C16H17ClFNO. The molecule has 0 amide bonds. The van der Waals surface area contributed by atoms with Gasteiger partial charge in [-0.05, 0) is 43.2 Å². The van der Waals surface area contributed by atoms with E-state index >= 15 is 0 Å². The van der Waals surface area contributed by atoms with Crippen LogP contribution in [0, 0.1) is 12.7 Å². The van der Waals surface area contributed by atoms with Gasteiger partial charge in [-0.25, -0.2) is 4.39 Å². The molecule has 0 aliphatic rings. The third-order valence-electron chi connectivity index (χ3n) is 2.96. The van der Waals surface area contributed by atoms with E-state index in [1.807, 2.05) is 32.0 Å². The van der Waals surface area contributed by atoms with E-state index in [2.05, 4.69) is 5.32 Å². The lowest BCUT2D eigenvalue weighted by Crippen LogP contribution is -2.01. The van der Waals surface area contributed by atoms with Crippen LogP contribution in [0.4, 0.5) is 10.1 Å². The maximum atomic E-state index is 13.7. The van der Waals surface area contributed by atoms with Crippen LogP contribution in [0.1, 0.15) is 18.1 Å². The summed E-state index contributed by atoms with van der Waals surface area (Å²) in [6, 6.07) is 10.7. The summed E-state index contributed by atoms with van der Waals surface area (Å²) in [5, 5.41) is 3.90. The van der Waals surface area contributed by atoms with Crippen molar-refractivity contribution in [3.05, 3.63) is 58.4 Å². The fraction of sp³-hybridized carbons (Fsp3) is 0.250. The minimum Gasteiger partial charge on any atom is -0.491 e. The molecule has 0 aromatic heterocycles. The van der Waals surface area contributed by atoms with Gasteiger partial charge < -0.3 is 10.1 Å². The number of hydrogen-bond acceptors (Lipinski definition) is 2. The average molecular weight is 294 g/mol. The fourth-order valence-electron chi connectivity index (χ4n) is 1.83. The molecule has 1 N–H and O–H groups in total. The predicted octanol–water partition coefficient (Wildman–Crippen LogP) is 4.80. The van der Waals surface area contributed by atoms with Gasteiger partial charge in [-0.2, -0.15) is 0 Å². The van der Waals surface area contributed by atoms with E-state index in [-0.39, 0.29) is 11.6 Å². The average Bonchev–Trinajstić information content (AvgIpc) is 2.43. The topological polar surface area (TPSA) is 21.3 Å². The van der Waals surface area contributed by atoms with E-state index in [4.69, 9.17) is 16.3 Å². The molecule has 20 heavy (non-hydrogen) atoms. The van der Waals surface area contributed by atoms with Crippen molar-refractivity contribution in [1.29, 1.82) is 0 Å². The van der Waals surface area contributed by atoms with Crippen LogP contribution >= 0.6 is 11.6 Å². The lowest BCUT2D eigenvalue weighted by Gasteiger charge is -2.10. The van der Waals surface area contributed by atoms with Gasteiger partial charge in [0.05, 0.1) is 6.61 Å². The van der Waals surface area contributed by atoms with Gasteiger partial charge in [0.25, 0.3) is 0 Å². The molecule has 0 saturated carbocycles. The van der Waals surface area contributed by atoms with E-state index in [0.717, 1.165) is 16.1 Å². The molecule has 2 aromatic carbocycles. The van der Waals surface area contributed by atoms with Crippen LogP contribution in [0.5, 0.6) is 5.75 Å². The summed E-state index contributed by atoms with van der Waals surface area (Å²) >= 11 is 6.07. The maximum absolute atomic E-state index is 13.7. The third kappa shape index (κ3) is 3.64. The van der Waals surface area contributed by atoms with Gasteiger partial charge in [0, 0.05) is 23.3 Å². The van der Waals surface area contributed by atoms with Gasteiger partial charge in [-0.15, -0.1) is 0 Å². The summed E-state index contributed by atoms with van der Waals surface area (Å²) in [7, 11) is 0. The Hall–Kier alpha value is -1.74. The molecule has 0 saturated heterocycles. The predicted molar refractivity (Wildman–Crippen MR) is 81.1 cm³/mol. The number of benzene rings is 2. The second kappa shape index (κ2) is 6.62. The number of aryl methyl sites for hydroxylation is 1. The first-order chi connectivity index (χ1) is 9.60. The summed E-state index contributed by atoms with van der Waals surface area (Å²) in [4.78, 5) is 0. The summed E-state index contributed by atoms with van der Waals surface area (Å²) in [5.74, 6) is -0.0878. The highest BCUT2D eigenvalue weighted by Gasteiger charge is 2.04. The van der Waals surface area contributed by atoms with E-state index in [1.54, 1.807) is 12.1 Å². The lowest BCUT2D eigenvalue weighted by atomic mass is 10.1. The number of anilines is 1. The van der Waals surface area contributed by atoms with Gasteiger partial charge in [0.15, 0.2) is 11.6 Å². The Bertz CT molecular complexity index is 601. The summed E-state index contributed by atoms with van der Waals surface area (Å²) in [6.45, 7) is 4.83. The van der Waals surface area contributed by atoms with E-state index in [1.165, 1.54) is 6.07 Å². The summed E-state index contributed by atoms with van der Waals surface area (Å²) < 4.78 is 18.9. The first-order valence-corrected chi connectivity index (χ1v) is 6.89. The molecule has 0 atom stereocenters. The highest BCUT2D eigenvalue weighted by atomic mass is 35.5. The molecule has 0 unspecified atom stereocenters. The summed E-state index contributed by atoms with van der Waals surface area (Å²) in [6.07, 6.45) is 0. The Morgan fingerprint density at radius 3 is 2.65 bits per heavy atom. The molecule has 2 nitrogen and oxygen atoms in total. The molecule has 0 radical (unpaired) electrons. The normalized spacial score (nSPS) is 10.4. The van der Waals surface area contributed by atoms with Crippen molar-refractivity contribution < 1.29 is 9.13 Å². The van der Waals surface area contributed by atoms with Crippen molar-refractivity contribution in [1.82, 2.24) is 0 Å². The molecule has 0 aliphatic carbocycles. The number of halogens is 2. The summed E-state index contributed by atoms with van der Waals surface area (Å²) in [5.41, 5.74) is 2.81. The maximum Gasteiger partial charge on any atom is 0.167 e. The Labute approximate surface area is 123 Å². The van der Waals surface area contributed by atoms with Crippen LogP contribution in [0.2, 0.25) is 5.02 Å². The molecule has 0 aliphatic heterocycles. The first-order valence-electron chi connectivity index (χ1n) is 6.51. The second-order valence-corrected chi connectivity index (χ2v) is 4.92. The Morgan fingerprint density at radius 1 is 1.20 bits per heavy atom. The minimum absolute atomic E-state index is 0.274. The monoisotopic (exact) mass is 293 g/mol. The van der Waals surface area contributed by atoms with Gasteiger partial charge >= 0.3 is 0 Å². The molecule has 2 rings (SSSR count). The van der Waals surface area contributed by atoms with E-state index in [9.17, 15) is 4.39 Å². The number of ether oxygens (including phenoxy) is 1. The largest absolute Gasteiger partial charge is 0.491 e. The van der Waals surface area contributed by atoms with Crippen molar-refractivity contribution in [2.24, 2.45) is 0 Å². The van der Waals surface area contributed by atoms with Gasteiger partial charge in [-0.3, -0.25) is 0 Å². The zero-order valence-electron chi connectivity index (χ0n) is 11.5. The molecule has 4 heteroatoms. The van der Waals surface area contributed by atoms with Crippen molar-refractivity contribution in [3.8, 4) is 5.75 Å². The molecule has 0 heterocycles. The smallest absolute Gasteiger partial charge is 0.167 e. The van der Waals surface area contributed by atoms with Crippen LogP contribution in [-0.4, -0.2) is 6.61 Å². The van der Waals surface area contributed by atoms with Crippen molar-refractivity contribution in [2.45, 2.75) is 20.4 Å². The molecule has 0 spiro atoms. The Morgan fingerprint density at radius 2 is 2.00 bits per heavy atom. The molecule has 106 valence electrons. The zero-order chi connectivity index (χ0) is 14.5. The zero-order valence-corrected chi connectivity index (χ0v) is 12.3. The van der Waals surface area contributed by atoms with E-state index < -0.39 is 0 Å². The van der Waals surface area contributed by atoms with Crippen molar-refractivity contribution in [2.75, 3.05) is 11.9 Å². The van der Waals surface area contributed by atoms with Crippen LogP contribution in [0.25, 0.3) is 0 Å². The Kier molecular flexibility index (Phi) is 4.85. The number of hydrogen-bond donors (Lipinski definition) is 1. The van der Waals surface area contributed by atoms with Gasteiger partial charge in [0.1, 0.15) is 0 Å². The van der Waals surface area contributed by atoms with Gasteiger partial charge in [0.2, 0.25) is 0 Å². The van der Waals surface area contributed by atoms with Crippen LogP contribution in [0.3, 0.4) is 0 Å². The van der Waals surface area contributed by atoms with Gasteiger partial charge in [-0.1, -0.05) is 23.7 Å². The first kappa shape index (κ1) is 14.7. The third-order valence-corrected chi connectivity index (χ3v) is 3.37. The quantitative estimate of drug-likeness (QED) is 0.855. The van der Waals surface area contributed by atoms with Crippen LogP contribution in [0.15, 0.2) is 36.4 Å². The highest BCUT2D eigenvalue weighted by molar-refractivity contribution is 6.31. The molecule has 0 fully saturated rings. The number of rotatable bonds is 5. The van der Waals surface area contributed by atoms with E-state index in [0.29, 0.717) is 18.8 Å². The fourth-order valence-corrected chi connectivity index (χ4v) is 2.04. The standard InChI is InChI=1S/C16H17ClFNO/c1-3-20-16-7-6-13(9-15(16)18)19-10-12-5-4-11(2)14(17)8-12/h4-9,19H,3,10H2,1-2H3. The SMILES string of the molecule is CCOc1ccc(NCc2ccc(C)c(Cl)c2)cc1F.